The minimum atomic E-state index is -0.946. The van der Waals surface area contributed by atoms with Crippen molar-refractivity contribution in [3.8, 4) is 0 Å². The van der Waals surface area contributed by atoms with E-state index in [2.05, 4.69) is 22.5 Å². The molecule has 96 valence electrons. The molecule has 0 atom stereocenters. The molecule has 0 bridgehead atoms. The Balaban J connectivity index is 2.05. The molecule has 2 N–H and O–H groups in total. The molecule has 3 rings (SSSR count). The number of benzene rings is 1. The van der Waals surface area contributed by atoms with Gasteiger partial charge in [0.2, 0.25) is 0 Å². The summed E-state index contributed by atoms with van der Waals surface area (Å²) in [6, 6.07) is 7.81. The van der Waals surface area contributed by atoms with Gasteiger partial charge in [0.25, 0.3) is 0 Å². The molecule has 2 aromatic rings. The van der Waals surface area contributed by atoms with E-state index < -0.39 is 5.97 Å². The summed E-state index contributed by atoms with van der Waals surface area (Å²) in [6.07, 6.45) is 7.68. The monoisotopic (exact) mass is 254 g/mol. The number of hydrogen-bond acceptors (Lipinski definition) is 3. The summed E-state index contributed by atoms with van der Waals surface area (Å²) in [5.41, 5.74) is 0.241. The quantitative estimate of drug-likeness (QED) is 0.826. The molecule has 1 aromatic carbocycles. The Morgan fingerprint density at radius 2 is 1.89 bits per heavy atom. The molecule has 1 heterocycles. The van der Waals surface area contributed by atoms with Gasteiger partial charge in [0.1, 0.15) is 5.82 Å². The highest BCUT2D eigenvalue weighted by atomic mass is 16.4. The molecule has 4 heteroatoms. The van der Waals surface area contributed by atoms with E-state index in [-0.39, 0.29) is 5.56 Å². The molecule has 0 saturated heterocycles. The number of rotatable bonds is 3. The highest BCUT2D eigenvalue weighted by Gasteiger charge is 2.15. The number of nitrogens with one attached hydrogen (secondary N) is 1. The average Bonchev–Trinajstić information content (AvgIpc) is 2.91. The Labute approximate surface area is 110 Å². The second-order valence-corrected chi connectivity index (χ2v) is 4.66. The van der Waals surface area contributed by atoms with Gasteiger partial charge in [0, 0.05) is 23.0 Å². The molecule has 0 spiro atoms. The zero-order valence-corrected chi connectivity index (χ0v) is 10.3. The summed E-state index contributed by atoms with van der Waals surface area (Å²) in [5.74, 6) is -0.188. The highest BCUT2D eigenvalue weighted by Crippen LogP contribution is 2.26. The summed E-state index contributed by atoms with van der Waals surface area (Å²) in [7, 11) is 0. The molecule has 0 radical (unpaired) electrons. The van der Waals surface area contributed by atoms with Gasteiger partial charge >= 0.3 is 5.97 Å². The Hall–Kier alpha value is -2.36. The van der Waals surface area contributed by atoms with E-state index in [9.17, 15) is 9.90 Å². The molecule has 0 saturated carbocycles. The molecule has 1 aliphatic rings. The first kappa shape index (κ1) is 11.7. The third-order valence-electron chi connectivity index (χ3n) is 3.37. The summed E-state index contributed by atoms with van der Waals surface area (Å²) < 4.78 is 0. The lowest BCUT2D eigenvalue weighted by atomic mass is 10.1. The molecule has 4 nitrogen and oxygen atoms in total. The first-order valence-corrected chi connectivity index (χ1v) is 6.28. The van der Waals surface area contributed by atoms with Gasteiger partial charge in [-0.1, -0.05) is 36.4 Å². The fourth-order valence-corrected chi connectivity index (χ4v) is 2.41. The van der Waals surface area contributed by atoms with Gasteiger partial charge in [0.05, 0.1) is 5.56 Å². The first-order valence-electron chi connectivity index (χ1n) is 6.28. The van der Waals surface area contributed by atoms with Crippen LogP contribution in [0.1, 0.15) is 23.2 Å². The van der Waals surface area contributed by atoms with Crippen LogP contribution in [0, 0.1) is 0 Å². The third-order valence-corrected chi connectivity index (χ3v) is 3.37. The molecule has 0 unspecified atom stereocenters. The van der Waals surface area contributed by atoms with E-state index in [0.717, 1.165) is 29.4 Å². The normalized spacial score (nSPS) is 14.9. The van der Waals surface area contributed by atoms with Crippen LogP contribution in [0.2, 0.25) is 0 Å². The van der Waals surface area contributed by atoms with Gasteiger partial charge in [-0.15, -0.1) is 0 Å². The van der Waals surface area contributed by atoms with Crippen LogP contribution in [0.25, 0.3) is 10.8 Å². The van der Waals surface area contributed by atoms with Gasteiger partial charge < -0.3 is 10.4 Å². The summed E-state index contributed by atoms with van der Waals surface area (Å²) >= 11 is 0. The molecule has 0 fully saturated rings. The van der Waals surface area contributed by atoms with E-state index in [0.29, 0.717) is 6.04 Å². The van der Waals surface area contributed by atoms with E-state index in [1.165, 1.54) is 6.20 Å². The van der Waals surface area contributed by atoms with Crippen molar-refractivity contribution in [2.75, 3.05) is 5.32 Å². The summed E-state index contributed by atoms with van der Waals surface area (Å²) in [6.45, 7) is 0. The Morgan fingerprint density at radius 1 is 1.21 bits per heavy atom. The van der Waals surface area contributed by atoms with Crippen LogP contribution in [0.3, 0.4) is 0 Å². The number of aromatic carboxylic acids is 1. The van der Waals surface area contributed by atoms with E-state index in [1.54, 1.807) is 0 Å². The smallest absolute Gasteiger partial charge is 0.337 e. The van der Waals surface area contributed by atoms with Crippen LogP contribution in [0.15, 0.2) is 42.6 Å². The van der Waals surface area contributed by atoms with Gasteiger partial charge in [-0.05, 0) is 12.8 Å². The largest absolute Gasteiger partial charge is 0.478 e. The maximum Gasteiger partial charge on any atom is 0.337 e. The van der Waals surface area contributed by atoms with Crippen LogP contribution in [-0.2, 0) is 0 Å². The number of carboxylic acid groups (broad SMARTS) is 1. The van der Waals surface area contributed by atoms with Crippen molar-refractivity contribution >= 4 is 22.6 Å². The van der Waals surface area contributed by atoms with Crippen molar-refractivity contribution in [2.45, 2.75) is 18.9 Å². The van der Waals surface area contributed by atoms with Gasteiger partial charge in [-0.2, -0.15) is 0 Å². The van der Waals surface area contributed by atoms with Crippen LogP contribution in [0.4, 0.5) is 5.82 Å². The molecular formula is C15H14N2O2. The Bertz CT molecular complexity index is 656. The van der Waals surface area contributed by atoms with E-state index >= 15 is 0 Å². The minimum Gasteiger partial charge on any atom is -0.478 e. The molecule has 0 amide bonds. The SMILES string of the molecule is O=C(O)c1cnc(NC2CC=CC2)c2ccccc12. The van der Waals surface area contributed by atoms with Gasteiger partial charge in [-0.25, -0.2) is 9.78 Å². The maximum absolute atomic E-state index is 11.2. The van der Waals surface area contributed by atoms with Crippen molar-refractivity contribution in [3.05, 3.63) is 48.2 Å². The topological polar surface area (TPSA) is 62.2 Å². The fourth-order valence-electron chi connectivity index (χ4n) is 2.41. The third kappa shape index (κ3) is 2.17. The standard InChI is InChI=1S/C15H14N2O2/c18-15(19)13-9-16-14(17-10-5-1-2-6-10)12-8-4-3-7-11(12)13/h1-4,7-10H,5-6H2,(H,16,17)(H,18,19). The lowest BCUT2D eigenvalue weighted by Gasteiger charge is -2.15. The van der Waals surface area contributed by atoms with Crippen molar-refractivity contribution in [1.82, 2.24) is 4.98 Å². The number of carbonyl (C=O) groups is 1. The number of anilines is 1. The molecule has 19 heavy (non-hydrogen) atoms. The first-order chi connectivity index (χ1) is 9.25. The molecule has 1 aliphatic carbocycles. The second-order valence-electron chi connectivity index (χ2n) is 4.66. The lowest BCUT2D eigenvalue weighted by molar-refractivity contribution is 0.0698. The summed E-state index contributed by atoms with van der Waals surface area (Å²) in [4.78, 5) is 15.5. The van der Waals surface area contributed by atoms with Crippen molar-refractivity contribution in [1.29, 1.82) is 0 Å². The van der Waals surface area contributed by atoms with Crippen LogP contribution in [-0.4, -0.2) is 22.1 Å². The van der Waals surface area contributed by atoms with Crippen molar-refractivity contribution in [2.24, 2.45) is 0 Å². The predicted molar refractivity (Wildman–Crippen MR) is 74.5 cm³/mol. The molecule has 1 aromatic heterocycles. The number of nitrogens with zero attached hydrogens (tertiary/aromatic N) is 1. The van der Waals surface area contributed by atoms with Crippen molar-refractivity contribution < 1.29 is 9.90 Å². The minimum absolute atomic E-state index is 0.241. The van der Waals surface area contributed by atoms with Crippen LogP contribution in [0.5, 0.6) is 0 Å². The number of hydrogen-bond donors (Lipinski definition) is 2. The van der Waals surface area contributed by atoms with Gasteiger partial charge in [0.15, 0.2) is 0 Å². The van der Waals surface area contributed by atoms with Crippen molar-refractivity contribution in [3.63, 3.8) is 0 Å². The van der Waals surface area contributed by atoms with E-state index in [1.807, 2.05) is 24.3 Å². The Kier molecular flexibility index (Phi) is 2.91. The maximum atomic E-state index is 11.2. The Morgan fingerprint density at radius 3 is 2.58 bits per heavy atom. The predicted octanol–water partition coefficient (Wildman–Crippen LogP) is 3.06. The van der Waals surface area contributed by atoms with Crippen LogP contribution < -0.4 is 5.32 Å². The summed E-state index contributed by atoms with van der Waals surface area (Å²) in [5, 5.41) is 14.1. The zero-order valence-electron chi connectivity index (χ0n) is 10.3. The number of carboxylic acids is 1. The highest BCUT2D eigenvalue weighted by molar-refractivity contribution is 6.06. The number of aromatic nitrogens is 1. The van der Waals surface area contributed by atoms with Gasteiger partial charge in [-0.3, -0.25) is 0 Å². The number of pyridine rings is 1. The second kappa shape index (κ2) is 4.72. The zero-order chi connectivity index (χ0) is 13.2. The molecular weight excluding hydrogens is 240 g/mol. The number of fused-ring (bicyclic) bond motifs is 1. The average molecular weight is 254 g/mol. The lowest BCUT2D eigenvalue weighted by Crippen LogP contribution is -2.16. The fraction of sp³-hybridized carbons (Fsp3) is 0.200. The van der Waals surface area contributed by atoms with Crippen LogP contribution >= 0.6 is 0 Å². The molecule has 0 aliphatic heterocycles. The van der Waals surface area contributed by atoms with E-state index in [4.69, 9.17) is 0 Å².